The molecular weight excluding hydrogens is 432 g/mol. The second-order valence-corrected chi connectivity index (χ2v) is 10.4. The summed E-state index contributed by atoms with van der Waals surface area (Å²) < 4.78 is 56.6. The van der Waals surface area contributed by atoms with E-state index >= 15 is 0 Å². The van der Waals surface area contributed by atoms with Crippen LogP contribution in [0.2, 0.25) is 0 Å². The maximum Gasteiger partial charge on any atom is 0.275 e. The Bertz CT molecular complexity index is 1160. The fraction of sp³-hybridized carbons (Fsp3) is 0.389. The summed E-state index contributed by atoms with van der Waals surface area (Å²) in [6, 6.07) is 6.65. The van der Waals surface area contributed by atoms with E-state index in [-0.39, 0.29) is 29.4 Å². The first-order chi connectivity index (χ1) is 14.0. The summed E-state index contributed by atoms with van der Waals surface area (Å²) in [6.07, 6.45) is 1.09. The molecule has 162 valence electrons. The summed E-state index contributed by atoms with van der Waals surface area (Å²) >= 11 is 0. The zero-order chi connectivity index (χ0) is 22.7. The molecule has 0 aliphatic carbocycles. The Morgan fingerprint density at radius 1 is 1.10 bits per heavy atom. The molecule has 1 unspecified atom stereocenters. The molecule has 12 heteroatoms. The quantitative estimate of drug-likeness (QED) is 0.518. The van der Waals surface area contributed by atoms with Crippen molar-refractivity contribution >= 4 is 25.8 Å². The number of rotatable bonds is 9. The topological polar surface area (TPSA) is 142 Å². The number of ketones is 1. The minimum Gasteiger partial charge on any atom is -0.440 e. The molecule has 2 aromatic heterocycles. The fourth-order valence-electron chi connectivity index (χ4n) is 2.60. The number of hydrogen-bond donors (Lipinski definition) is 0. The highest BCUT2D eigenvalue weighted by atomic mass is 32.2. The highest BCUT2D eigenvalue weighted by Crippen LogP contribution is 2.24. The molecule has 2 rings (SSSR count). The van der Waals surface area contributed by atoms with Crippen LogP contribution in [0.4, 0.5) is 0 Å². The van der Waals surface area contributed by atoms with Crippen molar-refractivity contribution in [1.82, 2.24) is 13.6 Å². The van der Waals surface area contributed by atoms with E-state index in [2.05, 4.69) is 4.98 Å². The Hall–Kier alpha value is -2.59. The van der Waals surface area contributed by atoms with Gasteiger partial charge in [0.15, 0.2) is 11.7 Å². The number of hydrogen-bond acceptors (Lipinski definition) is 8. The summed E-state index contributed by atoms with van der Waals surface area (Å²) in [5.74, 6) is -2.50. The lowest BCUT2D eigenvalue weighted by Crippen LogP contribution is -2.30. The molecule has 0 aliphatic heterocycles. The van der Waals surface area contributed by atoms with Crippen LogP contribution >= 0.6 is 0 Å². The second kappa shape index (κ2) is 9.05. The van der Waals surface area contributed by atoms with Gasteiger partial charge in [-0.05, 0) is 24.3 Å². The summed E-state index contributed by atoms with van der Waals surface area (Å²) in [5, 5.41) is 9.02. The van der Waals surface area contributed by atoms with E-state index in [1.807, 2.05) is 0 Å². The number of nitriles is 1. The molecule has 0 amide bonds. The molecule has 0 saturated carbocycles. The Balaban J connectivity index is 2.34. The van der Waals surface area contributed by atoms with Crippen molar-refractivity contribution in [1.29, 1.82) is 5.26 Å². The first kappa shape index (κ1) is 23.7. The van der Waals surface area contributed by atoms with Crippen molar-refractivity contribution in [2.75, 3.05) is 27.2 Å². The van der Waals surface area contributed by atoms with Gasteiger partial charge in [0.25, 0.3) is 10.0 Å². The van der Waals surface area contributed by atoms with E-state index < -0.39 is 36.8 Å². The Labute approximate surface area is 175 Å². The Morgan fingerprint density at radius 3 is 2.20 bits per heavy atom. The maximum atomic E-state index is 12.7. The molecule has 2 aromatic rings. The molecule has 0 radical (unpaired) electrons. The Morgan fingerprint density at radius 2 is 1.73 bits per heavy atom. The molecule has 10 nitrogen and oxygen atoms in total. The Kier molecular flexibility index (Phi) is 7.14. The molecule has 0 aromatic carbocycles. The largest absolute Gasteiger partial charge is 0.440 e. The van der Waals surface area contributed by atoms with Crippen molar-refractivity contribution < 1.29 is 26.0 Å². The van der Waals surface area contributed by atoms with Crippen molar-refractivity contribution in [3.63, 3.8) is 0 Å². The van der Waals surface area contributed by atoms with Gasteiger partial charge in [-0.1, -0.05) is 13.8 Å². The van der Waals surface area contributed by atoms with E-state index in [0.717, 1.165) is 16.6 Å². The van der Waals surface area contributed by atoms with Gasteiger partial charge >= 0.3 is 0 Å². The lowest BCUT2D eigenvalue weighted by molar-refractivity contribution is 0.0945. The van der Waals surface area contributed by atoms with Crippen LogP contribution in [0.1, 0.15) is 36.0 Å². The van der Waals surface area contributed by atoms with Crippen LogP contribution in [-0.4, -0.2) is 63.4 Å². The molecule has 0 N–H and O–H groups in total. The van der Waals surface area contributed by atoms with E-state index in [9.17, 15) is 26.9 Å². The van der Waals surface area contributed by atoms with Crippen LogP contribution in [0.5, 0.6) is 0 Å². The number of nitrogens with zero attached hydrogens (tertiary/aromatic N) is 4. The molecule has 0 fully saturated rings. The average molecular weight is 455 g/mol. The van der Waals surface area contributed by atoms with Gasteiger partial charge in [0, 0.05) is 33.4 Å². The van der Waals surface area contributed by atoms with Crippen molar-refractivity contribution in [3.05, 3.63) is 41.9 Å². The average Bonchev–Trinajstić information content (AvgIpc) is 3.20. The van der Waals surface area contributed by atoms with Crippen LogP contribution < -0.4 is 0 Å². The van der Waals surface area contributed by atoms with Crippen molar-refractivity contribution in [3.8, 4) is 6.07 Å². The lowest BCUT2D eigenvalue weighted by Gasteiger charge is -2.18. The third kappa shape index (κ3) is 4.44. The molecule has 0 aliphatic rings. The number of sulfonamides is 2. The zero-order valence-electron chi connectivity index (χ0n) is 16.9. The highest BCUT2D eigenvalue weighted by molar-refractivity contribution is 7.89. The molecule has 1 atom stereocenters. The van der Waals surface area contributed by atoms with E-state index in [0.29, 0.717) is 0 Å². The van der Waals surface area contributed by atoms with Crippen LogP contribution in [0, 0.1) is 11.3 Å². The van der Waals surface area contributed by atoms with Gasteiger partial charge in [-0.3, -0.25) is 9.78 Å². The molecule has 0 spiro atoms. The predicted molar refractivity (Wildman–Crippen MR) is 107 cm³/mol. The fourth-order valence-corrected chi connectivity index (χ4v) is 4.80. The first-order valence-corrected chi connectivity index (χ1v) is 11.8. The summed E-state index contributed by atoms with van der Waals surface area (Å²) in [4.78, 5) is 16.6. The second-order valence-electron chi connectivity index (χ2n) is 6.34. The van der Waals surface area contributed by atoms with Crippen molar-refractivity contribution in [2.45, 2.75) is 29.8 Å². The van der Waals surface area contributed by atoms with Gasteiger partial charge in [0.2, 0.25) is 20.9 Å². The number of pyridine rings is 1. The third-order valence-electron chi connectivity index (χ3n) is 4.35. The summed E-state index contributed by atoms with van der Waals surface area (Å²) in [7, 11) is -4.98. The lowest BCUT2D eigenvalue weighted by atomic mass is 9.99. The molecule has 0 bridgehead atoms. The van der Waals surface area contributed by atoms with Crippen LogP contribution in [0.25, 0.3) is 0 Å². The molecular formula is C18H22N4O6S2. The molecule has 2 heterocycles. The monoisotopic (exact) mass is 454 g/mol. The minimum absolute atomic E-state index is 0.0226. The number of carbonyl (C=O) groups is 1. The SMILES string of the molecule is CCN(CC)S(=O)(=O)c1ccc(C(C#N)C(=O)c2ccc(S(=O)(=O)N(C)C)o2)nc1. The van der Waals surface area contributed by atoms with E-state index in [1.165, 1.54) is 36.6 Å². The van der Waals surface area contributed by atoms with Gasteiger partial charge < -0.3 is 4.42 Å². The third-order valence-corrected chi connectivity index (χ3v) is 8.07. The van der Waals surface area contributed by atoms with Crippen molar-refractivity contribution in [2.24, 2.45) is 0 Å². The summed E-state index contributed by atoms with van der Waals surface area (Å²) in [5.41, 5.74) is 0.0226. The molecule has 30 heavy (non-hydrogen) atoms. The zero-order valence-corrected chi connectivity index (χ0v) is 18.6. The highest BCUT2D eigenvalue weighted by Gasteiger charge is 2.30. The van der Waals surface area contributed by atoms with Gasteiger partial charge in [-0.2, -0.15) is 9.57 Å². The summed E-state index contributed by atoms with van der Waals surface area (Å²) in [6.45, 7) is 4.00. The van der Waals surface area contributed by atoms with Gasteiger partial charge in [-0.25, -0.2) is 21.1 Å². The predicted octanol–water partition coefficient (Wildman–Crippen LogP) is 1.45. The number of furan rings is 1. The minimum atomic E-state index is -3.88. The maximum absolute atomic E-state index is 12.7. The first-order valence-electron chi connectivity index (χ1n) is 8.93. The van der Waals surface area contributed by atoms with Crippen LogP contribution in [-0.2, 0) is 20.0 Å². The number of Topliss-reactive ketones (excluding diaryl/α,β-unsaturated/α-hetero) is 1. The van der Waals surface area contributed by atoms with Gasteiger partial charge in [-0.15, -0.1) is 0 Å². The number of aromatic nitrogens is 1. The van der Waals surface area contributed by atoms with E-state index in [1.54, 1.807) is 19.9 Å². The van der Waals surface area contributed by atoms with Crippen LogP contribution in [0.3, 0.4) is 0 Å². The molecule has 0 saturated heterocycles. The van der Waals surface area contributed by atoms with Gasteiger partial charge in [0.05, 0.1) is 11.8 Å². The van der Waals surface area contributed by atoms with Gasteiger partial charge in [0.1, 0.15) is 4.90 Å². The van der Waals surface area contributed by atoms with E-state index in [4.69, 9.17) is 4.42 Å². The normalized spacial score (nSPS) is 13.4. The number of carbonyl (C=O) groups excluding carboxylic acids is 1. The standard InChI is InChI=1S/C18H22N4O6S2/c1-5-22(6-2)29(24,25)13-7-8-15(20-12-13)14(11-19)18(23)16-9-10-17(28-16)30(26,27)21(3)4/h7-10,12,14H,5-6H2,1-4H3. The van der Waals surface area contributed by atoms with Crippen LogP contribution in [0.15, 0.2) is 44.9 Å². The smallest absolute Gasteiger partial charge is 0.275 e.